The fourth-order valence-corrected chi connectivity index (χ4v) is 2.77. The van der Waals surface area contributed by atoms with Crippen LogP contribution in [-0.4, -0.2) is 28.6 Å². The van der Waals surface area contributed by atoms with Gasteiger partial charge in [0.25, 0.3) is 0 Å². The molecule has 0 aliphatic carbocycles. The predicted molar refractivity (Wildman–Crippen MR) is 110 cm³/mol. The van der Waals surface area contributed by atoms with Crippen LogP contribution in [0.2, 0.25) is 0 Å². The van der Waals surface area contributed by atoms with E-state index in [1.807, 2.05) is 37.3 Å². The number of hydrogen-bond donors (Lipinski definition) is 2. The van der Waals surface area contributed by atoms with Crippen LogP contribution < -0.4 is 5.32 Å². The van der Waals surface area contributed by atoms with Gasteiger partial charge in [-0.25, -0.2) is 4.79 Å². The van der Waals surface area contributed by atoms with Crippen molar-refractivity contribution in [1.29, 1.82) is 0 Å². The lowest BCUT2D eigenvalue weighted by Crippen LogP contribution is -2.40. The molecule has 1 aromatic carbocycles. The van der Waals surface area contributed by atoms with Gasteiger partial charge in [0.05, 0.1) is 17.4 Å². The zero-order chi connectivity index (χ0) is 21.3. The number of allylic oxidation sites excluding steroid dienone is 1. The van der Waals surface area contributed by atoms with E-state index < -0.39 is 11.7 Å². The van der Waals surface area contributed by atoms with Crippen molar-refractivity contribution in [2.24, 2.45) is 5.92 Å². The standard InChI is InChI=1S/C23H29NO5/c1-17(9-10-21(25)19-12-14-28-16-19)20(11-13-23(2,3)27)24-22(26)29-15-18-7-5-4-6-8-18/h4-10,12,14,16-17,20,27H,11,13,15H2,1-3H3,(H,24,26)/b10-9+/t17-,20+/m1/s1. The van der Waals surface area contributed by atoms with Gasteiger partial charge >= 0.3 is 6.09 Å². The van der Waals surface area contributed by atoms with Crippen molar-refractivity contribution in [2.45, 2.75) is 51.9 Å². The largest absolute Gasteiger partial charge is 0.472 e. The molecule has 0 radical (unpaired) electrons. The molecule has 1 aromatic heterocycles. The van der Waals surface area contributed by atoms with Gasteiger partial charge in [-0.3, -0.25) is 4.79 Å². The second kappa shape index (κ2) is 10.6. The van der Waals surface area contributed by atoms with Crippen molar-refractivity contribution >= 4 is 11.9 Å². The number of rotatable bonds is 10. The summed E-state index contributed by atoms with van der Waals surface area (Å²) in [4.78, 5) is 24.4. The van der Waals surface area contributed by atoms with Crippen molar-refractivity contribution in [3.8, 4) is 0 Å². The van der Waals surface area contributed by atoms with Gasteiger partial charge in [0.1, 0.15) is 12.9 Å². The Morgan fingerprint density at radius 3 is 2.59 bits per heavy atom. The molecule has 1 amide bonds. The summed E-state index contributed by atoms with van der Waals surface area (Å²) in [6.45, 7) is 5.53. The second-order valence-electron chi connectivity index (χ2n) is 7.76. The highest BCUT2D eigenvalue weighted by Gasteiger charge is 2.22. The Morgan fingerprint density at radius 1 is 1.24 bits per heavy atom. The molecule has 2 rings (SSSR count). The highest BCUT2D eigenvalue weighted by molar-refractivity contribution is 6.04. The minimum Gasteiger partial charge on any atom is -0.472 e. The third-order valence-electron chi connectivity index (χ3n) is 4.57. The number of ketones is 1. The van der Waals surface area contributed by atoms with Crippen molar-refractivity contribution in [3.05, 3.63) is 72.2 Å². The molecule has 0 spiro atoms. The normalized spacial score (nSPS) is 13.8. The van der Waals surface area contributed by atoms with Crippen molar-refractivity contribution < 1.29 is 23.8 Å². The predicted octanol–water partition coefficient (Wildman–Crippen LogP) is 4.50. The maximum absolute atomic E-state index is 12.3. The van der Waals surface area contributed by atoms with Crippen LogP contribution in [0.5, 0.6) is 0 Å². The first-order valence-electron chi connectivity index (χ1n) is 9.69. The molecule has 6 nitrogen and oxygen atoms in total. The molecular formula is C23H29NO5. The Labute approximate surface area is 171 Å². The SMILES string of the molecule is C[C@H](/C=C/C(=O)c1ccoc1)[C@H](CCC(C)(C)O)NC(=O)OCc1ccccc1. The minimum atomic E-state index is -0.857. The molecule has 0 aliphatic rings. The molecule has 2 N–H and O–H groups in total. The number of ether oxygens (including phenoxy) is 1. The van der Waals surface area contributed by atoms with E-state index >= 15 is 0 Å². The summed E-state index contributed by atoms with van der Waals surface area (Å²) in [5, 5.41) is 12.9. The van der Waals surface area contributed by atoms with E-state index in [0.29, 0.717) is 18.4 Å². The highest BCUT2D eigenvalue weighted by atomic mass is 16.5. The molecule has 156 valence electrons. The van der Waals surface area contributed by atoms with Crippen LogP contribution in [0.15, 0.2) is 65.5 Å². The van der Waals surface area contributed by atoms with E-state index in [0.717, 1.165) is 5.56 Å². The smallest absolute Gasteiger partial charge is 0.407 e. The van der Waals surface area contributed by atoms with Crippen LogP contribution in [0.1, 0.15) is 49.5 Å². The summed E-state index contributed by atoms with van der Waals surface area (Å²) in [5.74, 6) is -0.309. The van der Waals surface area contributed by atoms with Gasteiger partial charge in [-0.15, -0.1) is 0 Å². The summed E-state index contributed by atoms with van der Waals surface area (Å²) < 4.78 is 10.2. The minimum absolute atomic E-state index is 0.141. The van der Waals surface area contributed by atoms with E-state index in [1.165, 1.54) is 18.6 Å². The van der Waals surface area contributed by atoms with Crippen LogP contribution >= 0.6 is 0 Å². The van der Waals surface area contributed by atoms with E-state index in [1.54, 1.807) is 26.0 Å². The summed E-state index contributed by atoms with van der Waals surface area (Å²) in [6.07, 6.45) is 6.56. The van der Waals surface area contributed by atoms with Gasteiger partial charge in [-0.1, -0.05) is 43.3 Å². The van der Waals surface area contributed by atoms with E-state index in [-0.39, 0.29) is 24.3 Å². The van der Waals surface area contributed by atoms with Crippen LogP contribution in [0, 0.1) is 5.92 Å². The van der Waals surface area contributed by atoms with Crippen LogP contribution in [-0.2, 0) is 11.3 Å². The number of hydrogen-bond acceptors (Lipinski definition) is 5. The number of amides is 1. The molecule has 0 aliphatic heterocycles. The Bertz CT molecular complexity index is 790. The monoisotopic (exact) mass is 399 g/mol. The first-order chi connectivity index (χ1) is 13.7. The van der Waals surface area contributed by atoms with Crippen molar-refractivity contribution in [3.63, 3.8) is 0 Å². The summed E-state index contributed by atoms with van der Waals surface area (Å²) in [6, 6.07) is 10.7. The molecule has 2 atom stereocenters. The number of carbonyl (C=O) groups excluding carboxylic acids is 2. The summed E-state index contributed by atoms with van der Waals surface area (Å²) >= 11 is 0. The van der Waals surface area contributed by atoms with Gasteiger partial charge in [0.2, 0.25) is 0 Å². The topological polar surface area (TPSA) is 88.8 Å². The van der Waals surface area contributed by atoms with Crippen molar-refractivity contribution in [1.82, 2.24) is 5.32 Å². The third-order valence-corrected chi connectivity index (χ3v) is 4.57. The first kappa shape index (κ1) is 22.4. The van der Waals surface area contributed by atoms with Gasteiger partial charge in [-0.05, 0) is 50.3 Å². The lowest BCUT2D eigenvalue weighted by Gasteiger charge is -2.26. The lowest BCUT2D eigenvalue weighted by atomic mass is 9.91. The number of benzene rings is 1. The highest BCUT2D eigenvalue weighted by Crippen LogP contribution is 2.18. The molecule has 6 heteroatoms. The lowest BCUT2D eigenvalue weighted by molar-refractivity contribution is 0.0628. The molecule has 0 saturated carbocycles. The number of alkyl carbamates (subject to hydrolysis) is 1. The van der Waals surface area contributed by atoms with Crippen LogP contribution in [0.4, 0.5) is 4.79 Å². The first-order valence-corrected chi connectivity index (χ1v) is 9.69. The molecule has 0 saturated heterocycles. The number of carbonyl (C=O) groups is 2. The zero-order valence-electron chi connectivity index (χ0n) is 17.1. The molecule has 0 bridgehead atoms. The quantitative estimate of drug-likeness (QED) is 0.454. The van der Waals surface area contributed by atoms with E-state index in [9.17, 15) is 14.7 Å². The summed E-state index contributed by atoms with van der Waals surface area (Å²) in [5.41, 5.74) is 0.510. The number of nitrogens with one attached hydrogen (secondary N) is 1. The molecule has 1 heterocycles. The van der Waals surface area contributed by atoms with E-state index in [2.05, 4.69) is 5.32 Å². The maximum atomic E-state index is 12.3. The second-order valence-corrected chi connectivity index (χ2v) is 7.76. The van der Waals surface area contributed by atoms with Crippen LogP contribution in [0.25, 0.3) is 0 Å². The molecule has 29 heavy (non-hydrogen) atoms. The Balaban J connectivity index is 1.97. The molecular weight excluding hydrogens is 370 g/mol. The Morgan fingerprint density at radius 2 is 1.97 bits per heavy atom. The number of furan rings is 1. The molecule has 0 fully saturated rings. The van der Waals surface area contributed by atoms with Gasteiger partial charge in [-0.2, -0.15) is 0 Å². The molecule has 0 unspecified atom stereocenters. The fraction of sp³-hybridized carbons (Fsp3) is 0.391. The van der Waals surface area contributed by atoms with E-state index in [4.69, 9.17) is 9.15 Å². The van der Waals surface area contributed by atoms with Gasteiger partial charge < -0.3 is 19.6 Å². The average Bonchev–Trinajstić information content (AvgIpc) is 3.22. The maximum Gasteiger partial charge on any atom is 0.407 e. The Kier molecular flexibility index (Phi) is 8.21. The van der Waals surface area contributed by atoms with Crippen LogP contribution in [0.3, 0.4) is 0 Å². The zero-order valence-corrected chi connectivity index (χ0v) is 17.1. The van der Waals surface area contributed by atoms with Crippen molar-refractivity contribution in [2.75, 3.05) is 0 Å². The van der Waals surface area contributed by atoms with Gasteiger partial charge in [0, 0.05) is 6.04 Å². The van der Waals surface area contributed by atoms with Gasteiger partial charge in [0.15, 0.2) is 5.78 Å². The third kappa shape index (κ3) is 8.35. The fourth-order valence-electron chi connectivity index (χ4n) is 2.77. The number of aliphatic hydroxyl groups is 1. The summed E-state index contributed by atoms with van der Waals surface area (Å²) in [7, 11) is 0. The molecule has 2 aromatic rings. The Hall–Kier alpha value is -2.86. The average molecular weight is 399 g/mol.